The van der Waals surface area contributed by atoms with Crippen LogP contribution in [0.25, 0.3) is 0 Å². The average Bonchev–Trinajstić information content (AvgIpc) is 3.74. The fraction of sp³-hybridized carbons (Fsp3) is 0.536. The van der Waals surface area contributed by atoms with Crippen molar-refractivity contribution in [2.45, 2.75) is 38.9 Å². The van der Waals surface area contributed by atoms with Crippen molar-refractivity contribution in [3.63, 3.8) is 0 Å². The summed E-state index contributed by atoms with van der Waals surface area (Å²) < 4.78 is 16.6. The van der Waals surface area contributed by atoms with Crippen molar-refractivity contribution in [1.82, 2.24) is 14.7 Å². The van der Waals surface area contributed by atoms with Gasteiger partial charge >= 0.3 is 0 Å². The number of hydrogen-bond acceptors (Lipinski definition) is 6. The maximum absolute atomic E-state index is 13.4. The normalized spacial score (nSPS) is 17.6. The second-order valence-electron chi connectivity index (χ2n) is 9.63. The average molecular weight is 482 g/mol. The Morgan fingerprint density at radius 2 is 1.57 bits per heavy atom. The van der Waals surface area contributed by atoms with Crippen LogP contribution in [0.4, 0.5) is 0 Å². The van der Waals surface area contributed by atoms with Crippen LogP contribution in [0.3, 0.4) is 0 Å². The van der Waals surface area contributed by atoms with Gasteiger partial charge in [0.2, 0.25) is 11.7 Å². The summed E-state index contributed by atoms with van der Waals surface area (Å²) in [5.41, 5.74) is 2.27. The molecule has 0 bridgehead atoms. The van der Waals surface area contributed by atoms with E-state index in [0.717, 1.165) is 44.0 Å². The van der Waals surface area contributed by atoms with E-state index in [-0.39, 0.29) is 5.91 Å². The number of carbonyl (C=O) groups is 1. The van der Waals surface area contributed by atoms with E-state index in [9.17, 15) is 4.79 Å². The molecule has 0 N–H and O–H groups in total. The van der Waals surface area contributed by atoms with E-state index in [1.165, 1.54) is 18.4 Å². The third kappa shape index (κ3) is 6.27. The van der Waals surface area contributed by atoms with Gasteiger partial charge in [0.25, 0.3) is 0 Å². The molecule has 1 unspecified atom stereocenters. The van der Waals surface area contributed by atoms with E-state index in [0.29, 0.717) is 36.5 Å². The van der Waals surface area contributed by atoms with E-state index >= 15 is 0 Å². The van der Waals surface area contributed by atoms with E-state index in [4.69, 9.17) is 14.2 Å². The molecule has 190 valence electrons. The Morgan fingerprint density at radius 3 is 2.17 bits per heavy atom. The van der Waals surface area contributed by atoms with Gasteiger partial charge in [-0.15, -0.1) is 0 Å². The fourth-order valence-corrected chi connectivity index (χ4v) is 4.99. The Morgan fingerprint density at radius 1 is 0.914 bits per heavy atom. The van der Waals surface area contributed by atoms with Gasteiger partial charge in [-0.25, -0.2) is 0 Å². The number of rotatable bonds is 11. The Balaban J connectivity index is 1.34. The molecule has 1 saturated heterocycles. The van der Waals surface area contributed by atoms with Crippen molar-refractivity contribution < 1.29 is 19.0 Å². The number of amides is 1. The zero-order valence-corrected chi connectivity index (χ0v) is 21.5. The molecule has 1 amide bonds. The highest BCUT2D eigenvalue weighted by atomic mass is 16.5. The van der Waals surface area contributed by atoms with Crippen LogP contribution >= 0.6 is 0 Å². The fourth-order valence-electron chi connectivity index (χ4n) is 4.99. The van der Waals surface area contributed by atoms with E-state index in [1.807, 2.05) is 30.3 Å². The van der Waals surface area contributed by atoms with Crippen molar-refractivity contribution in [1.29, 1.82) is 0 Å². The lowest BCUT2D eigenvalue weighted by Gasteiger charge is -2.37. The highest BCUT2D eigenvalue weighted by Crippen LogP contribution is 2.40. The van der Waals surface area contributed by atoms with E-state index < -0.39 is 0 Å². The van der Waals surface area contributed by atoms with Gasteiger partial charge in [0.05, 0.1) is 27.9 Å². The first kappa shape index (κ1) is 25.3. The van der Waals surface area contributed by atoms with Crippen LogP contribution in [0.2, 0.25) is 0 Å². The molecule has 0 aromatic heterocycles. The van der Waals surface area contributed by atoms with Crippen LogP contribution in [-0.2, 0) is 17.9 Å². The molecular formula is C28H39N3O4. The smallest absolute Gasteiger partial charge is 0.237 e. The number of benzene rings is 2. The van der Waals surface area contributed by atoms with Crippen molar-refractivity contribution in [2.75, 3.05) is 54.1 Å². The van der Waals surface area contributed by atoms with Crippen LogP contribution in [0.15, 0.2) is 42.5 Å². The van der Waals surface area contributed by atoms with Crippen LogP contribution in [0.5, 0.6) is 17.2 Å². The lowest BCUT2D eigenvalue weighted by atomic mass is 10.1. The summed E-state index contributed by atoms with van der Waals surface area (Å²) in [6.07, 6.45) is 2.47. The molecule has 2 aliphatic rings. The molecule has 0 spiro atoms. The molecule has 7 heteroatoms. The predicted molar refractivity (Wildman–Crippen MR) is 137 cm³/mol. The van der Waals surface area contributed by atoms with Gasteiger partial charge in [0.1, 0.15) is 0 Å². The van der Waals surface area contributed by atoms with E-state index in [2.05, 4.69) is 33.8 Å². The maximum Gasteiger partial charge on any atom is 0.237 e. The molecule has 2 fully saturated rings. The van der Waals surface area contributed by atoms with Crippen LogP contribution in [0, 0.1) is 5.92 Å². The molecule has 35 heavy (non-hydrogen) atoms. The quantitative estimate of drug-likeness (QED) is 0.488. The van der Waals surface area contributed by atoms with Gasteiger partial charge in [-0.1, -0.05) is 36.4 Å². The number of carbonyl (C=O) groups excluding carboxylic acids is 1. The molecule has 0 radical (unpaired) electrons. The third-order valence-corrected chi connectivity index (χ3v) is 7.32. The van der Waals surface area contributed by atoms with Gasteiger partial charge in [-0.2, -0.15) is 0 Å². The first-order valence-corrected chi connectivity index (χ1v) is 12.6. The Hall–Kier alpha value is -2.77. The van der Waals surface area contributed by atoms with Gasteiger partial charge in [-0.05, 0) is 37.3 Å². The van der Waals surface area contributed by atoms with E-state index in [1.54, 1.807) is 21.3 Å². The highest BCUT2D eigenvalue weighted by Gasteiger charge is 2.35. The summed E-state index contributed by atoms with van der Waals surface area (Å²) >= 11 is 0. The lowest BCUT2D eigenvalue weighted by Crippen LogP contribution is -2.51. The van der Waals surface area contributed by atoms with Crippen molar-refractivity contribution in [3.05, 3.63) is 53.6 Å². The molecule has 1 saturated carbocycles. The first-order valence-electron chi connectivity index (χ1n) is 12.6. The molecule has 2 aromatic rings. The Kier molecular flexibility index (Phi) is 8.52. The Labute approximate surface area is 209 Å². The summed E-state index contributed by atoms with van der Waals surface area (Å²) in [5.74, 6) is 2.89. The zero-order valence-electron chi connectivity index (χ0n) is 21.5. The zero-order chi connectivity index (χ0) is 24.8. The molecular weight excluding hydrogens is 442 g/mol. The van der Waals surface area contributed by atoms with Gasteiger partial charge in [0, 0.05) is 50.9 Å². The second-order valence-corrected chi connectivity index (χ2v) is 9.63. The number of nitrogens with zero attached hydrogens (tertiary/aromatic N) is 3. The first-order chi connectivity index (χ1) is 17.0. The second kappa shape index (κ2) is 11.8. The third-order valence-electron chi connectivity index (χ3n) is 7.32. The Bertz CT molecular complexity index is 972. The van der Waals surface area contributed by atoms with Crippen molar-refractivity contribution in [2.24, 2.45) is 5.92 Å². The molecule has 1 aliphatic carbocycles. The number of ether oxygens (including phenoxy) is 3. The monoisotopic (exact) mass is 481 g/mol. The lowest BCUT2D eigenvalue weighted by molar-refractivity contribution is -0.136. The number of hydrogen-bond donors (Lipinski definition) is 0. The van der Waals surface area contributed by atoms with Crippen molar-refractivity contribution >= 4 is 5.91 Å². The minimum atomic E-state index is 0.239. The summed E-state index contributed by atoms with van der Waals surface area (Å²) in [5, 5.41) is 0. The minimum Gasteiger partial charge on any atom is -0.493 e. The number of methoxy groups -OCH3 is 3. The summed E-state index contributed by atoms with van der Waals surface area (Å²) in [7, 11) is 4.92. The molecule has 4 rings (SSSR count). The minimum absolute atomic E-state index is 0.239. The predicted octanol–water partition coefficient (Wildman–Crippen LogP) is 3.66. The summed E-state index contributed by atoms with van der Waals surface area (Å²) in [6, 6.07) is 14.6. The van der Waals surface area contributed by atoms with Crippen LogP contribution < -0.4 is 14.2 Å². The highest BCUT2D eigenvalue weighted by molar-refractivity contribution is 5.78. The van der Waals surface area contributed by atoms with Gasteiger partial charge < -0.3 is 19.1 Å². The molecule has 7 nitrogen and oxygen atoms in total. The largest absolute Gasteiger partial charge is 0.493 e. The summed E-state index contributed by atoms with van der Waals surface area (Å²) in [6.45, 7) is 7.71. The SMILES string of the molecule is COc1ccc(CN2CCN(CC(=O)N(Cc3ccccc3)C(C)C3CC3)CC2)c(OC)c1OC. The van der Waals surface area contributed by atoms with Crippen molar-refractivity contribution in [3.8, 4) is 17.2 Å². The molecule has 2 aromatic carbocycles. The topological polar surface area (TPSA) is 54.5 Å². The maximum atomic E-state index is 13.4. The van der Waals surface area contributed by atoms with Gasteiger partial charge in [0.15, 0.2) is 11.5 Å². The molecule has 1 aliphatic heterocycles. The standard InChI is InChI=1S/C28H39N3O4/c1-21(23-10-11-23)31(18-22-8-6-5-7-9-22)26(32)20-30-16-14-29(15-17-30)19-24-12-13-25(33-2)28(35-4)27(24)34-3/h5-9,12-13,21,23H,10-11,14-20H2,1-4H3. The molecule has 1 heterocycles. The van der Waals surface area contributed by atoms with Crippen LogP contribution in [0.1, 0.15) is 30.9 Å². The van der Waals surface area contributed by atoms with Crippen LogP contribution in [-0.4, -0.2) is 80.7 Å². The number of piperazine rings is 1. The molecule has 1 atom stereocenters. The summed E-state index contributed by atoms with van der Waals surface area (Å²) in [4.78, 5) is 20.2. The van der Waals surface area contributed by atoms with Gasteiger partial charge in [-0.3, -0.25) is 14.6 Å².